The molecule has 9 aromatic rings. The summed E-state index contributed by atoms with van der Waals surface area (Å²) in [6, 6.07) is 81.9. The highest BCUT2D eigenvalue weighted by molar-refractivity contribution is 7.99. The molecule has 0 saturated heterocycles. The molecule has 9 heteroatoms. The normalized spacial score (nSPS) is 11.8. The first kappa shape index (κ1) is 99.5. The van der Waals surface area contributed by atoms with Crippen molar-refractivity contribution in [1.29, 1.82) is 0 Å². The van der Waals surface area contributed by atoms with Gasteiger partial charge in [-0.1, -0.05) is 359 Å². The molecule has 0 spiro atoms. The average molecular weight is 1680 g/mol. The van der Waals surface area contributed by atoms with Crippen LogP contribution < -0.4 is 0 Å². The van der Waals surface area contributed by atoms with Crippen LogP contribution in [0.5, 0.6) is 0 Å². The number of hydrogen-bond acceptors (Lipinski definition) is 9. The van der Waals surface area contributed by atoms with Crippen molar-refractivity contribution in [2.75, 3.05) is 17.3 Å². The molecule has 0 saturated carbocycles. The number of ether oxygens (including phenoxy) is 3. The molecule has 0 N–H and O–H groups in total. The topological polar surface area (TPSA) is 78.9 Å². The summed E-state index contributed by atoms with van der Waals surface area (Å²) in [6.07, 6.45) is 49.9. The minimum Gasteiger partial charge on any atom is -0.459 e. The molecule has 0 aliphatic rings. The Bertz CT molecular complexity index is 4020. The van der Waals surface area contributed by atoms with Crippen LogP contribution in [0.15, 0.2) is 251 Å². The lowest BCUT2D eigenvalue weighted by atomic mass is 10.0. The molecule has 120 heavy (non-hydrogen) atoms. The Morgan fingerprint density at radius 2 is 0.408 bits per heavy atom. The van der Waals surface area contributed by atoms with Crippen molar-refractivity contribution in [2.24, 2.45) is 0 Å². The predicted molar refractivity (Wildman–Crippen MR) is 520 cm³/mol. The maximum Gasteiger partial charge on any atom is 0.338 e. The first-order valence-electron chi connectivity index (χ1n) is 47.3. The van der Waals surface area contributed by atoms with Gasteiger partial charge in [0.25, 0.3) is 0 Å². The lowest BCUT2D eigenvalue weighted by Crippen LogP contribution is -2.19. The largest absolute Gasteiger partial charge is 0.459 e. The second kappa shape index (κ2) is 64.3. The van der Waals surface area contributed by atoms with Crippen molar-refractivity contribution in [2.45, 2.75) is 344 Å². The Kier molecular flexibility index (Phi) is 53.3. The Morgan fingerprint density at radius 1 is 0.217 bits per heavy atom. The van der Waals surface area contributed by atoms with Crippen LogP contribution in [-0.2, 0) is 33.5 Å². The van der Waals surface area contributed by atoms with Crippen LogP contribution in [0.3, 0.4) is 0 Å². The summed E-state index contributed by atoms with van der Waals surface area (Å²) in [6.45, 7) is 13.5. The molecular weight excluding hydrogens is 1530 g/mol. The van der Waals surface area contributed by atoms with Gasteiger partial charge in [-0.15, -0.1) is 35.3 Å². The summed E-state index contributed by atoms with van der Waals surface area (Å²) in [5.74, 6) is 2.95. The fourth-order valence-corrected chi connectivity index (χ4v) is 18.0. The summed E-state index contributed by atoms with van der Waals surface area (Å²) in [7, 11) is 0. The third kappa shape index (κ3) is 43.0. The fourth-order valence-electron chi connectivity index (χ4n) is 15.2. The van der Waals surface area contributed by atoms with Crippen LogP contribution in [0, 0.1) is 0 Å². The minimum absolute atomic E-state index is 0.0190. The second-order valence-corrected chi connectivity index (χ2v) is 36.4. The van der Waals surface area contributed by atoms with Crippen molar-refractivity contribution in [3.63, 3.8) is 0 Å². The molecule has 0 aliphatic heterocycles. The van der Waals surface area contributed by atoms with Gasteiger partial charge in [-0.2, -0.15) is 0 Å². The molecule has 9 rings (SSSR count). The highest BCUT2D eigenvalue weighted by atomic mass is 32.2. The van der Waals surface area contributed by atoms with E-state index in [1.807, 2.05) is 108 Å². The molecule has 0 radical (unpaired) electrons. The summed E-state index contributed by atoms with van der Waals surface area (Å²) < 4.78 is 18.3. The molecule has 0 bridgehead atoms. The lowest BCUT2D eigenvalue weighted by molar-refractivity contribution is 0.0241. The molecule has 0 fully saturated rings. The molecule has 0 aromatic heterocycles. The number of unbranched alkanes of at least 4 members (excludes halogenated alkanes) is 24. The fraction of sp³-hybridized carbons (Fsp3) is 0.486. The van der Waals surface area contributed by atoms with E-state index in [4.69, 9.17) is 14.2 Å². The second-order valence-electron chi connectivity index (χ2n) is 32.9. The van der Waals surface area contributed by atoms with E-state index in [-0.39, 0.29) is 36.2 Å². The van der Waals surface area contributed by atoms with Gasteiger partial charge in [0, 0.05) is 14.7 Å². The highest BCUT2D eigenvalue weighted by Crippen LogP contribution is 2.32. The molecule has 0 aliphatic carbocycles. The number of carbonyl (C=O) groups excluding carboxylic acids is 3. The number of esters is 3. The number of benzene rings is 9. The molecule has 0 heterocycles. The monoisotopic (exact) mass is 1680 g/mol. The Labute approximate surface area is 741 Å². The molecule has 0 amide bonds. The maximum atomic E-state index is 13.1. The third-order valence-electron chi connectivity index (χ3n) is 22.7. The van der Waals surface area contributed by atoms with Crippen LogP contribution in [0.1, 0.15) is 340 Å². The van der Waals surface area contributed by atoms with E-state index >= 15 is 0 Å². The zero-order chi connectivity index (χ0) is 84.8. The van der Waals surface area contributed by atoms with E-state index in [9.17, 15) is 14.4 Å². The minimum atomic E-state index is -0.198. The Balaban J connectivity index is 0.000000248. The maximum absolute atomic E-state index is 13.1. The molecule has 6 nitrogen and oxygen atoms in total. The number of thioether (sulfide) groups is 3. The zero-order valence-corrected chi connectivity index (χ0v) is 77.2. The van der Waals surface area contributed by atoms with Gasteiger partial charge in [-0.25, -0.2) is 14.4 Å². The first-order valence-corrected chi connectivity index (χ1v) is 50.3. The summed E-state index contributed by atoms with van der Waals surface area (Å²) in [4.78, 5) is 43.3. The average Bonchev–Trinajstić information content (AvgIpc) is 0.851. The number of hydrogen-bond donors (Lipinski definition) is 0. The van der Waals surface area contributed by atoms with Gasteiger partial charge < -0.3 is 14.2 Å². The van der Waals surface area contributed by atoms with Crippen LogP contribution in [0.2, 0.25) is 0 Å². The summed E-state index contributed by atoms with van der Waals surface area (Å²) >= 11 is 5.82. The standard InChI is InChI=1S/C38H52O2S.C37H50O2S.C36H48O2S/c1-3-5-7-9-10-15-21-36(22-17-20-32-18-13-12-14-19-32)40-38(39)35-25-23-33(24-26-35)34-27-29-37(30-28-34)41-31-16-11-8-6-4-2;1-3-5-7-9-10-14-20-35(21-16-19-31-17-12-11-13-18-31)39-37(38)34-24-22-32(23-25-34)33-26-28-36(29-27-33)40-30-15-8-6-4-2;1-3-5-7-8-9-13-19-34(20-15-18-30-16-11-10-12-17-30)38-36(37)33-23-21-31(22-24-33)32-25-27-35(28-26-32)39-29-14-6-4-2/h12-14,18-19,23-30,36H,3-11,15-17,20-22,31H2,1-2H3;11-13,17-18,22-29,35H,3-10,14-16,19-21,30H2,1-2H3;10-12,16-17,21-28,34H,3-9,13-15,18-20,29H2,1-2H3. The van der Waals surface area contributed by atoms with E-state index in [0.717, 1.165) is 113 Å². The SMILES string of the molecule is CCCCCCCCC(CCCc1ccccc1)OC(=O)c1ccc(-c2ccc(SCCCCC)cc2)cc1.CCCCCCCCC(CCCc1ccccc1)OC(=O)c1ccc(-c2ccc(SCCCCCC)cc2)cc1.CCCCCCCCC(CCCc1ccccc1)OC(=O)c1ccc(-c2ccc(SCCCCCCC)cc2)cc1. The van der Waals surface area contributed by atoms with E-state index < -0.39 is 0 Å². The van der Waals surface area contributed by atoms with E-state index in [1.54, 1.807) is 0 Å². The summed E-state index contributed by atoms with van der Waals surface area (Å²) in [5, 5.41) is 0. The zero-order valence-electron chi connectivity index (χ0n) is 74.7. The van der Waals surface area contributed by atoms with Crippen LogP contribution in [-0.4, -0.2) is 53.5 Å². The van der Waals surface area contributed by atoms with Crippen molar-refractivity contribution in [1.82, 2.24) is 0 Å². The predicted octanol–water partition coefficient (Wildman–Crippen LogP) is 34.0. The molecule has 648 valence electrons. The van der Waals surface area contributed by atoms with E-state index in [2.05, 4.69) is 205 Å². The number of rotatable bonds is 60. The van der Waals surface area contributed by atoms with Gasteiger partial charge in [0.1, 0.15) is 18.3 Å². The Hall–Kier alpha value is -7.56. The van der Waals surface area contributed by atoms with Crippen molar-refractivity contribution >= 4 is 53.2 Å². The van der Waals surface area contributed by atoms with Crippen molar-refractivity contribution in [3.05, 3.63) is 270 Å². The van der Waals surface area contributed by atoms with Crippen LogP contribution >= 0.6 is 35.3 Å². The molecular formula is C111H150O6S3. The highest BCUT2D eigenvalue weighted by Gasteiger charge is 2.21. The van der Waals surface area contributed by atoms with Crippen LogP contribution in [0.4, 0.5) is 0 Å². The van der Waals surface area contributed by atoms with Gasteiger partial charge in [0.2, 0.25) is 0 Å². The van der Waals surface area contributed by atoms with Gasteiger partial charge in [-0.3, -0.25) is 0 Å². The lowest BCUT2D eigenvalue weighted by Gasteiger charge is -2.18. The van der Waals surface area contributed by atoms with Crippen molar-refractivity contribution in [3.8, 4) is 33.4 Å². The van der Waals surface area contributed by atoms with Gasteiger partial charge in [-0.05, 0) is 256 Å². The van der Waals surface area contributed by atoms with Gasteiger partial charge in [0.15, 0.2) is 0 Å². The smallest absolute Gasteiger partial charge is 0.338 e. The quantitative estimate of drug-likeness (QED) is 0.0160. The van der Waals surface area contributed by atoms with E-state index in [1.165, 1.54) is 239 Å². The van der Waals surface area contributed by atoms with Gasteiger partial charge in [0.05, 0.1) is 16.7 Å². The van der Waals surface area contributed by atoms with Gasteiger partial charge >= 0.3 is 17.9 Å². The van der Waals surface area contributed by atoms with Crippen molar-refractivity contribution < 1.29 is 28.6 Å². The molecule has 9 aromatic carbocycles. The number of carbonyl (C=O) groups is 3. The summed E-state index contributed by atoms with van der Waals surface area (Å²) in [5.41, 5.74) is 12.9. The Morgan fingerprint density at radius 3 is 0.658 bits per heavy atom. The van der Waals surface area contributed by atoms with E-state index in [0.29, 0.717) is 16.7 Å². The molecule has 3 atom stereocenters. The third-order valence-corrected chi connectivity index (χ3v) is 26.0. The first-order chi connectivity index (χ1) is 59.1. The number of aryl methyl sites for hydroxylation is 3. The molecule has 3 unspecified atom stereocenters. The van der Waals surface area contributed by atoms with Crippen LogP contribution in [0.25, 0.3) is 33.4 Å².